The number of imidazole rings is 1. The van der Waals surface area contributed by atoms with Crippen LogP contribution in [0.2, 0.25) is 0 Å². The first-order chi connectivity index (χ1) is 7.13. The van der Waals surface area contributed by atoms with Crippen LogP contribution < -0.4 is 5.73 Å². The summed E-state index contributed by atoms with van der Waals surface area (Å²) in [5, 5.41) is 0. The molecule has 15 heavy (non-hydrogen) atoms. The number of fused-ring (bicyclic) bond motifs is 1. The van der Waals surface area contributed by atoms with Gasteiger partial charge in [0.25, 0.3) is 0 Å². The number of nitrogens with two attached hydrogens (primary N) is 1. The van der Waals surface area contributed by atoms with Crippen LogP contribution in [0.3, 0.4) is 0 Å². The lowest BCUT2D eigenvalue weighted by atomic mass is 10.1. The molecule has 0 aliphatic carbocycles. The number of hydrogen-bond donors (Lipinski definition) is 1. The molecule has 0 amide bonds. The maximum atomic E-state index is 5.78. The molecule has 2 aromatic heterocycles. The normalized spacial score (nSPS) is 11.5. The second kappa shape index (κ2) is 3.66. The molecule has 2 N–H and O–H groups in total. The zero-order valence-electron chi connectivity index (χ0n) is 9.49. The highest BCUT2D eigenvalue weighted by Gasteiger charge is 2.13. The molecule has 0 radical (unpaired) electrons. The number of aryl methyl sites for hydroxylation is 1. The summed E-state index contributed by atoms with van der Waals surface area (Å²) in [7, 11) is 0. The van der Waals surface area contributed by atoms with Crippen molar-refractivity contribution in [3.8, 4) is 0 Å². The lowest BCUT2D eigenvalue weighted by molar-refractivity contribution is 0.799. The summed E-state index contributed by atoms with van der Waals surface area (Å²) in [6, 6.07) is 4.17. The van der Waals surface area contributed by atoms with Gasteiger partial charge in [0.15, 0.2) is 0 Å². The summed E-state index contributed by atoms with van der Waals surface area (Å²) in [4.78, 5) is 4.63. The Morgan fingerprint density at radius 1 is 1.47 bits per heavy atom. The Morgan fingerprint density at radius 3 is 2.80 bits per heavy atom. The van der Waals surface area contributed by atoms with Gasteiger partial charge >= 0.3 is 0 Å². The van der Waals surface area contributed by atoms with Crippen LogP contribution in [0.4, 0.5) is 0 Å². The fourth-order valence-corrected chi connectivity index (χ4v) is 1.88. The molecule has 0 unspecified atom stereocenters. The van der Waals surface area contributed by atoms with Crippen LogP contribution in [-0.2, 0) is 6.54 Å². The standard InChI is InChI=1S/C12H17N3/c1-8(2)12-10(7-13)15-5-4-9(3)6-11(15)14-12/h4-6,8H,7,13H2,1-3H3. The molecule has 0 fully saturated rings. The van der Waals surface area contributed by atoms with E-state index in [0.717, 1.165) is 17.0 Å². The van der Waals surface area contributed by atoms with Crippen LogP contribution in [0.25, 0.3) is 5.65 Å². The highest BCUT2D eigenvalue weighted by atomic mass is 15.0. The van der Waals surface area contributed by atoms with Crippen LogP contribution >= 0.6 is 0 Å². The maximum absolute atomic E-state index is 5.78. The van der Waals surface area contributed by atoms with Crippen molar-refractivity contribution in [1.82, 2.24) is 9.38 Å². The van der Waals surface area contributed by atoms with E-state index in [-0.39, 0.29) is 0 Å². The Kier molecular flexibility index (Phi) is 2.49. The quantitative estimate of drug-likeness (QED) is 0.813. The molecule has 0 aliphatic heterocycles. The first kappa shape index (κ1) is 10.2. The van der Waals surface area contributed by atoms with Crippen molar-refractivity contribution in [3.63, 3.8) is 0 Å². The molecule has 0 aromatic carbocycles. The smallest absolute Gasteiger partial charge is 0.137 e. The molecule has 0 aliphatic rings. The monoisotopic (exact) mass is 203 g/mol. The van der Waals surface area contributed by atoms with Gasteiger partial charge in [0.05, 0.1) is 11.4 Å². The van der Waals surface area contributed by atoms with Gasteiger partial charge in [-0.15, -0.1) is 0 Å². The van der Waals surface area contributed by atoms with E-state index >= 15 is 0 Å². The number of pyridine rings is 1. The van der Waals surface area contributed by atoms with Crippen molar-refractivity contribution in [3.05, 3.63) is 35.3 Å². The van der Waals surface area contributed by atoms with Gasteiger partial charge < -0.3 is 10.1 Å². The van der Waals surface area contributed by atoms with E-state index in [0.29, 0.717) is 12.5 Å². The first-order valence-corrected chi connectivity index (χ1v) is 5.31. The van der Waals surface area contributed by atoms with Gasteiger partial charge in [0, 0.05) is 12.7 Å². The van der Waals surface area contributed by atoms with Crippen molar-refractivity contribution >= 4 is 5.65 Å². The lowest BCUT2D eigenvalue weighted by Gasteiger charge is -2.04. The predicted octanol–water partition coefficient (Wildman–Crippen LogP) is 2.22. The molecule has 0 saturated carbocycles. The summed E-state index contributed by atoms with van der Waals surface area (Å²) >= 11 is 0. The fourth-order valence-electron chi connectivity index (χ4n) is 1.88. The largest absolute Gasteiger partial charge is 0.325 e. The van der Waals surface area contributed by atoms with E-state index < -0.39 is 0 Å². The van der Waals surface area contributed by atoms with Crippen molar-refractivity contribution < 1.29 is 0 Å². The van der Waals surface area contributed by atoms with Gasteiger partial charge in [-0.3, -0.25) is 0 Å². The Bertz CT molecular complexity index is 483. The SMILES string of the molecule is Cc1ccn2c(CN)c(C(C)C)nc2c1. The minimum atomic E-state index is 0.420. The van der Waals surface area contributed by atoms with Crippen molar-refractivity contribution in [2.45, 2.75) is 33.2 Å². The highest BCUT2D eigenvalue weighted by molar-refractivity contribution is 5.46. The second-order valence-electron chi connectivity index (χ2n) is 4.23. The molecule has 0 atom stereocenters. The van der Waals surface area contributed by atoms with Crippen LogP contribution in [0.15, 0.2) is 18.3 Å². The highest BCUT2D eigenvalue weighted by Crippen LogP contribution is 2.20. The minimum Gasteiger partial charge on any atom is -0.325 e. The zero-order valence-corrected chi connectivity index (χ0v) is 9.49. The van der Waals surface area contributed by atoms with E-state index in [9.17, 15) is 0 Å². The Hall–Kier alpha value is -1.35. The second-order valence-corrected chi connectivity index (χ2v) is 4.23. The number of nitrogens with zero attached hydrogens (tertiary/aromatic N) is 2. The summed E-state index contributed by atoms with van der Waals surface area (Å²) < 4.78 is 2.09. The Labute approximate surface area is 89.9 Å². The van der Waals surface area contributed by atoms with Crippen LogP contribution in [0.5, 0.6) is 0 Å². The molecule has 0 saturated heterocycles. The predicted molar refractivity (Wildman–Crippen MR) is 61.9 cm³/mol. The Balaban J connectivity index is 2.73. The average molecular weight is 203 g/mol. The molecule has 3 nitrogen and oxygen atoms in total. The lowest BCUT2D eigenvalue weighted by Crippen LogP contribution is -2.05. The topological polar surface area (TPSA) is 43.3 Å². The molecule has 0 bridgehead atoms. The van der Waals surface area contributed by atoms with Crippen LogP contribution in [-0.4, -0.2) is 9.38 Å². The molecule has 2 rings (SSSR count). The van der Waals surface area contributed by atoms with Gasteiger partial charge in [0.2, 0.25) is 0 Å². The molecule has 80 valence electrons. The van der Waals surface area contributed by atoms with Crippen molar-refractivity contribution in [2.24, 2.45) is 5.73 Å². The molecule has 2 heterocycles. The van der Waals surface area contributed by atoms with E-state index in [2.05, 4.69) is 42.3 Å². The third-order valence-corrected chi connectivity index (χ3v) is 2.65. The van der Waals surface area contributed by atoms with E-state index in [1.54, 1.807) is 0 Å². The third-order valence-electron chi connectivity index (χ3n) is 2.65. The number of aromatic nitrogens is 2. The number of rotatable bonds is 2. The molecular weight excluding hydrogens is 186 g/mol. The summed E-state index contributed by atoms with van der Waals surface area (Å²) in [6.07, 6.45) is 2.05. The van der Waals surface area contributed by atoms with Gasteiger partial charge in [-0.25, -0.2) is 4.98 Å². The summed E-state index contributed by atoms with van der Waals surface area (Å²) in [6.45, 7) is 6.91. The Morgan fingerprint density at radius 2 is 2.20 bits per heavy atom. The third kappa shape index (κ3) is 1.63. The average Bonchev–Trinajstić information content (AvgIpc) is 2.55. The van der Waals surface area contributed by atoms with E-state index in [1.807, 2.05) is 6.20 Å². The zero-order chi connectivity index (χ0) is 11.0. The fraction of sp³-hybridized carbons (Fsp3) is 0.417. The molecule has 2 aromatic rings. The number of hydrogen-bond acceptors (Lipinski definition) is 2. The van der Waals surface area contributed by atoms with E-state index in [1.165, 1.54) is 5.56 Å². The molecule has 3 heteroatoms. The van der Waals surface area contributed by atoms with Crippen LogP contribution in [0, 0.1) is 6.92 Å². The van der Waals surface area contributed by atoms with Gasteiger partial charge in [-0.05, 0) is 30.5 Å². The van der Waals surface area contributed by atoms with Crippen molar-refractivity contribution in [1.29, 1.82) is 0 Å². The van der Waals surface area contributed by atoms with Crippen molar-refractivity contribution in [2.75, 3.05) is 0 Å². The maximum Gasteiger partial charge on any atom is 0.137 e. The van der Waals surface area contributed by atoms with Gasteiger partial charge in [-0.1, -0.05) is 13.8 Å². The van der Waals surface area contributed by atoms with E-state index in [4.69, 9.17) is 5.73 Å². The van der Waals surface area contributed by atoms with Gasteiger partial charge in [-0.2, -0.15) is 0 Å². The molecular formula is C12H17N3. The minimum absolute atomic E-state index is 0.420. The molecule has 0 spiro atoms. The van der Waals surface area contributed by atoms with Gasteiger partial charge in [0.1, 0.15) is 5.65 Å². The van der Waals surface area contributed by atoms with Crippen LogP contribution in [0.1, 0.15) is 36.7 Å². The first-order valence-electron chi connectivity index (χ1n) is 5.31. The summed E-state index contributed by atoms with van der Waals surface area (Å²) in [5.74, 6) is 0.420. The summed E-state index contributed by atoms with van der Waals surface area (Å²) in [5.41, 5.74) is 10.2.